The van der Waals surface area contributed by atoms with Crippen LogP contribution < -0.4 is 9.47 Å². The lowest BCUT2D eigenvalue weighted by atomic mass is 9.99. The van der Waals surface area contributed by atoms with Crippen molar-refractivity contribution < 1.29 is 74.4 Å². The van der Waals surface area contributed by atoms with E-state index >= 15 is 0 Å². The number of phenols is 2. The van der Waals surface area contributed by atoms with E-state index in [0.29, 0.717) is 5.56 Å². The van der Waals surface area contributed by atoms with Crippen LogP contribution in [0.4, 0.5) is 0 Å². The number of rotatable bonds is 9. The SMILES string of the molecule is O=C(/C=C/c1ccc(O[C@@H]2O[C@H](CO)[C@H](O)[C@@H](O)[C@H]2O)c(O)c1)OC[C@H]1O[C@H](Oc2ccc(O)cc2)[C@H](O)[C@@H](O)[C@@H]1O. The van der Waals surface area contributed by atoms with Crippen molar-refractivity contribution in [2.24, 2.45) is 0 Å². The largest absolute Gasteiger partial charge is 0.508 e. The highest BCUT2D eigenvalue weighted by Gasteiger charge is 2.46. The lowest BCUT2D eigenvalue weighted by molar-refractivity contribution is -0.278. The highest BCUT2D eigenvalue weighted by atomic mass is 16.7. The van der Waals surface area contributed by atoms with Crippen molar-refractivity contribution in [1.29, 1.82) is 0 Å². The highest BCUT2D eigenvalue weighted by Crippen LogP contribution is 2.32. The van der Waals surface area contributed by atoms with Gasteiger partial charge in [0.2, 0.25) is 12.6 Å². The number of esters is 1. The first-order valence-corrected chi connectivity index (χ1v) is 12.8. The first kappa shape index (κ1) is 31.4. The van der Waals surface area contributed by atoms with Crippen LogP contribution in [0.1, 0.15) is 5.56 Å². The minimum absolute atomic E-state index is 0.0201. The molecule has 2 saturated heterocycles. The summed E-state index contributed by atoms with van der Waals surface area (Å²) in [6, 6.07) is 9.39. The molecule has 2 aromatic carbocycles. The standard InChI is InChI=1S/C27H32O15/c28-10-17-20(32)22(34)25(37)27(41-17)40-16-7-1-12(9-15(16)30)2-8-19(31)38-11-18-21(33)23(35)24(36)26(42-18)39-14-5-3-13(29)4-6-14/h1-9,17-18,20-30,32-37H,10-11H2/b8-2+/t17-,18-,20+,21-,22-,23+,24-,25-,26+,27-/m1/s1. The first-order chi connectivity index (χ1) is 20.0. The Bertz CT molecular complexity index is 1220. The van der Waals surface area contributed by atoms with Crippen LogP contribution in [0.25, 0.3) is 6.08 Å². The number of aliphatic hydroxyl groups excluding tert-OH is 7. The third-order valence-corrected chi connectivity index (χ3v) is 6.63. The maximum absolute atomic E-state index is 12.3. The molecule has 2 aromatic rings. The molecule has 0 unspecified atom stereocenters. The van der Waals surface area contributed by atoms with Crippen LogP contribution in [0.15, 0.2) is 48.5 Å². The average molecular weight is 597 g/mol. The summed E-state index contributed by atoms with van der Waals surface area (Å²) in [7, 11) is 0. The van der Waals surface area contributed by atoms with Gasteiger partial charge in [-0.3, -0.25) is 0 Å². The summed E-state index contributed by atoms with van der Waals surface area (Å²) in [5.41, 5.74) is 0.320. The molecule has 15 heteroatoms. The summed E-state index contributed by atoms with van der Waals surface area (Å²) in [6.45, 7) is -1.17. The Morgan fingerprint density at radius 3 is 1.98 bits per heavy atom. The van der Waals surface area contributed by atoms with Gasteiger partial charge in [-0.15, -0.1) is 0 Å². The first-order valence-electron chi connectivity index (χ1n) is 12.8. The van der Waals surface area contributed by atoms with Gasteiger partial charge in [0.1, 0.15) is 66.9 Å². The van der Waals surface area contributed by atoms with Crippen molar-refractivity contribution in [2.45, 2.75) is 61.4 Å². The average Bonchev–Trinajstić information content (AvgIpc) is 2.98. The Morgan fingerprint density at radius 2 is 1.36 bits per heavy atom. The van der Waals surface area contributed by atoms with Crippen molar-refractivity contribution in [3.63, 3.8) is 0 Å². The molecular weight excluding hydrogens is 564 g/mol. The summed E-state index contributed by atoms with van der Waals surface area (Å²) in [5.74, 6) is -1.27. The summed E-state index contributed by atoms with van der Waals surface area (Å²) in [5, 5.41) is 89.5. The molecular formula is C27H32O15. The molecule has 10 atom stereocenters. The number of aliphatic hydroxyl groups is 7. The van der Waals surface area contributed by atoms with Gasteiger partial charge >= 0.3 is 5.97 Å². The van der Waals surface area contributed by atoms with E-state index in [2.05, 4.69) is 0 Å². The molecule has 2 heterocycles. The molecule has 2 fully saturated rings. The number of hydrogen-bond acceptors (Lipinski definition) is 15. The molecule has 9 N–H and O–H groups in total. The fraction of sp³-hybridized carbons (Fsp3) is 0.444. The monoisotopic (exact) mass is 596 g/mol. The minimum atomic E-state index is -1.68. The van der Waals surface area contributed by atoms with E-state index in [9.17, 15) is 50.8 Å². The Labute approximate surface area is 238 Å². The van der Waals surface area contributed by atoms with E-state index in [1.165, 1.54) is 48.5 Å². The summed E-state index contributed by atoms with van der Waals surface area (Å²) in [4.78, 5) is 12.3. The third-order valence-electron chi connectivity index (χ3n) is 6.63. The Morgan fingerprint density at radius 1 is 0.762 bits per heavy atom. The van der Waals surface area contributed by atoms with E-state index in [-0.39, 0.29) is 17.2 Å². The van der Waals surface area contributed by atoms with E-state index < -0.39 is 86.3 Å². The van der Waals surface area contributed by atoms with Crippen LogP contribution in [-0.4, -0.2) is 127 Å². The number of hydrogen-bond donors (Lipinski definition) is 9. The van der Waals surface area contributed by atoms with Crippen LogP contribution in [0.5, 0.6) is 23.0 Å². The second-order valence-corrected chi connectivity index (χ2v) is 9.63. The topological polar surface area (TPSA) is 245 Å². The van der Waals surface area contributed by atoms with Crippen molar-refractivity contribution in [3.8, 4) is 23.0 Å². The molecule has 0 amide bonds. The van der Waals surface area contributed by atoms with Crippen molar-refractivity contribution in [3.05, 3.63) is 54.1 Å². The number of carbonyl (C=O) groups excluding carboxylic acids is 1. The normalized spacial score (nSPS) is 33.3. The maximum Gasteiger partial charge on any atom is 0.330 e. The van der Waals surface area contributed by atoms with Crippen LogP contribution in [-0.2, 0) is 19.0 Å². The van der Waals surface area contributed by atoms with E-state index in [1.807, 2.05) is 0 Å². The van der Waals surface area contributed by atoms with Gasteiger partial charge in [-0.2, -0.15) is 0 Å². The number of ether oxygens (including phenoxy) is 5. The molecule has 0 aromatic heterocycles. The molecule has 4 rings (SSSR count). The number of benzene rings is 2. The Balaban J connectivity index is 1.31. The van der Waals surface area contributed by atoms with Gasteiger partial charge in [0, 0.05) is 6.08 Å². The zero-order valence-corrected chi connectivity index (χ0v) is 21.9. The fourth-order valence-corrected chi connectivity index (χ4v) is 4.21. The van der Waals surface area contributed by atoms with Gasteiger partial charge in [0.15, 0.2) is 11.5 Å². The van der Waals surface area contributed by atoms with E-state index in [4.69, 9.17) is 23.7 Å². The molecule has 2 aliphatic heterocycles. The molecule has 0 bridgehead atoms. The molecule has 42 heavy (non-hydrogen) atoms. The van der Waals surface area contributed by atoms with Gasteiger partial charge < -0.3 is 69.6 Å². The van der Waals surface area contributed by atoms with Gasteiger partial charge in [-0.05, 0) is 48.0 Å². The van der Waals surface area contributed by atoms with Gasteiger partial charge in [0.05, 0.1) is 6.61 Å². The highest BCUT2D eigenvalue weighted by molar-refractivity contribution is 5.87. The van der Waals surface area contributed by atoms with Gasteiger partial charge in [-0.25, -0.2) is 4.79 Å². The fourth-order valence-electron chi connectivity index (χ4n) is 4.21. The summed E-state index contributed by atoms with van der Waals surface area (Å²) < 4.78 is 26.7. The zero-order valence-electron chi connectivity index (χ0n) is 21.9. The van der Waals surface area contributed by atoms with E-state index in [0.717, 1.165) is 6.08 Å². The molecule has 15 nitrogen and oxygen atoms in total. The van der Waals surface area contributed by atoms with Crippen molar-refractivity contribution in [1.82, 2.24) is 0 Å². The van der Waals surface area contributed by atoms with Gasteiger partial charge in [-0.1, -0.05) is 6.07 Å². The second kappa shape index (κ2) is 13.6. The van der Waals surface area contributed by atoms with Gasteiger partial charge in [0.25, 0.3) is 0 Å². The Hall–Kier alpha value is -3.51. The molecule has 0 spiro atoms. The van der Waals surface area contributed by atoms with Crippen molar-refractivity contribution in [2.75, 3.05) is 13.2 Å². The number of aromatic hydroxyl groups is 2. The lowest BCUT2D eigenvalue weighted by Crippen LogP contribution is -2.60. The zero-order chi connectivity index (χ0) is 30.6. The molecule has 2 aliphatic rings. The number of phenolic OH excluding ortho intramolecular Hbond substituents is 2. The van der Waals surface area contributed by atoms with Crippen LogP contribution in [0.3, 0.4) is 0 Å². The molecule has 230 valence electrons. The smallest absolute Gasteiger partial charge is 0.330 e. The molecule has 0 aliphatic carbocycles. The van der Waals surface area contributed by atoms with Crippen LogP contribution in [0, 0.1) is 0 Å². The predicted molar refractivity (Wildman–Crippen MR) is 138 cm³/mol. The molecule has 0 saturated carbocycles. The quantitative estimate of drug-likeness (QED) is 0.109. The van der Waals surface area contributed by atoms with Crippen molar-refractivity contribution >= 4 is 12.0 Å². The minimum Gasteiger partial charge on any atom is -0.508 e. The summed E-state index contributed by atoms with van der Waals surface area (Å²) >= 11 is 0. The number of carbonyl (C=O) groups is 1. The van der Waals surface area contributed by atoms with Crippen LogP contribution >= 0.6 is 0 Å². The second-order valence-electron chi connectivity index (χ2n) is 9.63. The van der Waals surface area contributed by atoms with Crippen LogP contribution in [0.2, 0.25) is 0 Å². The molecule has 0 radical (unpaired) electrons. The lowest BCUT2D eigenvalue weighted by Gasteiger charge is -2.39. The maximum atomic E-state index is 12.3. The third kappa shape index (κ3) is 7.27. The summed E-state index contributed by atoms with van der Waals surface area (Å²) in [6.07, 6.45) is -12.9. The Kier molecular flexibility index (Phi) is 10.2. The van der Waals surface area contributed by atoms with E-state index in [1.54, 1.807) is 0 Å². The predicted octanol–water partition coefficient (Wildman–Crippen LogP) is -2.28.